The zero-order valence-electron chi connectivity index (χ0n) is 9.13. The summed E-state index contributed by atoms with van der Waals surface area (Å²) in [4.78, 5) is -0.129. The number of sulfonamides is 1. The third-order valence-electron chi connectivity index (χ3n) is 2.20. The summed E-state index contributed by atoms with van der Waals surface area (Å²) in [7, 11) is -3.79. The molecular weight excluding hydrogens is 278 g/mol. The lowest BCUT2D eigenvalue weighted by Gasteiger charge is -2.09. The molecule has 0 aliphatic rings. The summed E-state index contributed by atoms with van der Waals surface area (Å²) in [6.07, 6.45) is 1.35. The van der Waals surface area contributed by atoms with Crippen molar-refractivity contribution in [2.75, 3.05) is 5.73 Å². The Hall–Kier alpha value is -1.57. The molecule has 0 aliphatic heterocycles. The Bertz CT molecular complexity index is 620. The highest BCUT2D eigenvalue weighted by Gasteiger charge is 2.20. The molecule has 1 heterocycles. The van der Waals surface area contributed by atoms with E-state index in [4.69, 9.17) is 17.3 Å². The largest absolute Gasteiger partial charge is 0.398 e. The summed E-state index contributed by atoms with van der Waals surface area (Å²) in [5.74, 6) is 0. The number of hydrogen-bond donors (Lipinski definition) is 2. The van der Waals surface area contributed by atoms with Gasteiger partial charge in [-0.2, -0.15) is 0 Å². The molecule has 18 heavy (non-hydrogen) atoms. The second-order valence-corrected chi connectivity index (χ2v) is 5.58. The van der Waals surface area contributed by atoms with E-state index in [1.807, 2.05) is 0 Å². The van der Waals surface area contributed by atoms with Crippen molar-refractivity contribution in [3.63, 3.8) is 0 Å². The molecular formula is C10H10ClN3O3S. The van der Waals surface area contributed by atoms with E-state index in [2.05, 4.69) is 14.4 Å². The number of hydrogen-bond acceptors (Lipinski definition) is 5. The van der Waals surface area contributed by atoms with Crippen molar-refractivity contribution in [3.05, 3.63) is 41.2 Å². The van der Waals surface area contributed by atoms with E-state index in [0.717, 1.165) is 0 Å². The van der Waals surface area contributed by atoms with Gasteiger partial charge in [0.25, 0.3) is 0 Å². The van der Waals surface area contributed by atoms with E-state index >= 15 is 0 Å². The van der Waals surface area contributed by atoms with E-state index in [0.29, 0.717) is 5.69 Å². The van der Waals surface area contributed by atoms with Crippen LogP contribution in [0.25, 0.3) is 0 Å². The quantitative estimate of drug-likeness (QED) is 0.828. The van der Waals surface area contributed by atoms with Crippen molar-refractivity contribution in [1.82, 2.24) is 9.88 Å². The van der Waals surface area contributed by atoms with Gasteiger partial charge >= 0.3 is 0 Å². The monoisotopic (exact) mass is 287 g/mol. The first-order valence-electron chi connectivity index (χ1n) is 4.93. The average molecular weight is 288 g/mol. The van der Waals surface area contributed by atoms with E-state index in [1.54, 1.807) is 12.1 Å². The number of rotatable bonds is 4. The highest BCUT2D eigenvalue weighted by atomic mass is 35.5. The summed E-state index contributed by atoms with van der Waals surface area (Å²) < 4.78 is 31.0. The van der Waals surface area contributed by atoms with Crippen molar-refractivity contribution in [2.24, 2.45) is 0 Å². The molecule has 0 atom stereocenters. The molecule has 0 radical (unpaired) electrons. The zero-order chi connectivity index (χ0) is 13.2. The molecule has 2 rings (SSSR count). The normalized spacial score (nSPS) is 11.6. The minimum atomic E-state index is -3.79. The van der Waals surface area contributed by atoms with Crippen molar-refractivity contribution in [2.45, 2.75) is 11.4 Å². The maximum atomic E-state index is 12.0. The number of benzene rings is 1. The maximum Gasteiger partial charge on any atom is 0.244 e. The van der Waals surface area contributed by atoms with Gasteiger partial charge in [-0.25, -0.2) is 13.1 Å². The summed E-state index contributed by atoms with van der Waals surface area (Å²) >= 11 is 5.84. The van der Waals surface area contributed by atoms with E-state index in [-0.39, 0.29) is 22.2 Å². The fraction of sp³-hybridized carbons (Fsp3) is 0.100. The van der Waals surface area contributed by atoms with Crippen LogP contribution in [0.15, 0.2) is 39.9 Å². The molecule has 0 spiro atoms. The Kier molecular flexibility index (Phi) is 3.55. The van der Waals surface area contributed by atoms with Crippen LogP contribution in [0.3, 0.4) is 0 Å². The van der Waals surface area contributed by atoms with Crippen LogP contribution in [-0.2, 0) is 16.6 Å². The van der Waals surface area contributed by atoms with E-state index < -0.39 is 10.0 Å². The molecule has 2 aromatic rings. The van der Waals surface area contributed by atoms with Gasteiger partial charge in [0, 0.05) is 6.07 Å². The summed E-state index contributed by atoms with van der Waals surface area (Å²) in [6.45, 7) is 0.00347. The number of nitrogen functional groups attached to an aromatic ring is 1. The number of nitrogens with one attached hydrogen (secondary N) is 1. The van der Waals surface area contributed by atoms with Crippen molar-refractivity contribution >= 4 is 27.3 Å². The Morgan fingerprint density at radius 1 is 1.39 bits per heavy atom. The molecule has 3 N–H and O–H groups in total. The van der Waals surface area contributed by atoms with E-state index in [9.17, 15) is 8.42 Å². The number of nitrogens with zero attached hydrogens (tertiary/aromatic N) is 1. The van der Waals surface area contributed by atoms with Gasteiger partial charge in [-0.1, -0.05) is 22.8 Å². The molecule has 0 fully saturated rings. The molecule has 1 aromatic heterocycles. The highest BCUT2D eigenvalue weighted by Crippen LogP contribution is 2.26. The van der Waals surface area contributed by atoms with Gasteiger partial charge in [-0.15, -0.1) is 0 Å². The number of aromatic nitrogens is 1. The predicted molar refractivity (Wildman–Crippen MR) is 66.4 cm³/mol. The van der Waals surface area contributed by atoms with Gasteiger partial charge in [-0.3, -0.25) is 0 Å². The van der Waals surface area contributed by atoms with Crippen molar-refractivity contribution in [1.29, 1.82) is 0 Å². The second kappa shape index (κ2) is 4.97. The van der Waals surface area contributed by atoms with Gasteiger partial charge in [0.2, 0.25) is 10.0 Å². The molecule has 0 bridgehead atoms. The number of nitrogens with two attached hydrogens (primary N) is 1. The number of halogens is 1. The van der Waals surface area contributed by atoms with Crippen LogP contribution in [0.4, 0.5) is 5.69 Å². The first-order valence-corrected chi connectivity index (χ1v) is 6.80. The predicted octanol–water partition coefficient (Wildman–Crippen LogP) is 1.39. The third kappa shape index (κ3) is 2.63. The van der Waals surface area contributed by atoms with Gasteiger partial charge in [0.15, 0.2) is 0 Å². The van der Waals surface area contributed by atoms with Crippen molar-refractivity contribution < 1.29 is 12.9 Å². The van der Waals surface area contributed by atoms with Crippen molar-refractivity contribution in [3.8, 4) is 0 Å². The zero-order valence-corrected chi connectivity index (χ0v) is 10.7. The lowest BCUT2D eigenvalue weighted by Crippen LogP contribution is -2.24. The summed E-state index contributed by atoms with van der Waals surface area (Å²) in [5, 5.41) is 3.66. The first kappa shape index (κ1) is 12.9. The van der Waals surface area contributed by atoms with Crippen LogP contribution < -0.4 is 10.5 Å². The minimum Gasteiger partial charge on any atom is -0.398 e. The molecule has 1 aromatic carbocycles. The molecule has 8 heteroatoms. The highest BCUT2D eigenvalue weighted by molar-refractivity contribution is 7.89. The Morgan fingerprint density at radius 3 is 2.78 bits per heavy atom. The van der Waals surface area contributed by atoms with Crippen LogP contribution in [0.1, 0.15) is 5.69 Å². The molecule has 0 amide bonds. The smallest absolute Gasteiger partial charge is 0.244 e. The SMILES string of the molecule is Nc1cccc(Cl)c1S(=O)(=O)NCc1ccon1. The van der Waals surface area contributed by atoms with Crippen LogP contribution in [0.5, 0.6) is 0 Å². The van der Waals surface area contributed by atoms with Crippen LogP contribution in [0, 0.1) is 0 Å². The van der Waals surface area contributed by atoms with Crippen LogP contribution >= 0.6 is 11.6 Å². The Morgan fingerprint density at radius 2 is 2.17 bits per heavy atom. The van der Waals surface area contributed by atoms with Crippen LogP contribution in [0.2, 0.25) is 5.02 Å². The number of anilines is 1. The summed E-state index contributed by atoms with van der Waals surface area (Å²) in [6, 6.07) is 6.06. The lowest BCUT2D eigenvalue weighted by molar-refractivity contribution is 0.411. The van der Waals surface area contributed by atoms with Gasteiger partial charge in [0.1, 0.15) is 11.2 Å². The maximum absolute atomic E-state index is 12.0. The lowest BCUT2D eigenvalue weighted by atomic mass is 10.3. The standard InChI is InChI=1S/C10H10ClN3O3S/c11-8-2-1-3-9(12)10(8)18(15,16)13-6-7-4-5-17-14-7/h1-5,13H,6,12H2. The Balaban J connectivity index is 2.26. The fourth-order valence-corrected chi connectivity index (χ4v) is 3.05. The van der Waals surface area contributed by atoms with Gasteiger partial charge in [0.05, 0.1) is 22.9 Å². The third-order valence-corrected chi connectivity index (χ3v) is 4.15. The topological polar surface area (TPSA) is 98.2 Å². The molecule has 0 saturated carbocycles. The first-order chi connectivity index (χ1) is 8.50. The molecule has 96 valence electrons. The van der Waals surface area contributed by atoms with E-state index in [1.165, 1.54) is 18.4 Å². The minimum absolute atomic E-state index is 0.00347. The van der Waals surface area contributed by atoms with Gasteiger partial charge in [-0.05, 0) is 12.1 Å². The molecule has 0 aliphatic carbocycles. The second-order valence-electron chi connectivity index (χ2n) is 3.47. The van der Waals surface area contributed by atoms with Crippen LogP contribution in [-0.4, -0.2) is 13.6 Å². The fourth-order valence-electron chi connectivity index (χ4n) is 1.38. The average Bonchev–Trinajstić information content (AvgIpc) is 2.78. The Labute approximate surface area is 109 Å². The molecule has 0 saturated heterocycles. The molecule has 6 nitrogen and oxygen atoms in total. The molecule has 0 unspecified atom stereocenters. The summed E-state index contributed by atoms with van der Waals surface area (Å²) in [5.41, 5.74) is 6.17. The van der Waals surface area contributed by atoms with Gasteiger partial charge < -0.3 is 10.3 Å².